The molecule has 0 saturated carbocycles. The zero-order valence-electron chi connectivity index (χ0n) is 21.7. The highest BCUT2D eigenvalue weighted by Gasteiger charge is 2.36. The third kappa shape index (κ3) is 3.71. The molecule has 182 valence electrons. The molecule has 0 heterocycles. The van der Waals surface area contributed by atoms with Crippen LogP contribution < -0.4 is 5.32 Å². The molecular formula is C37H29N. The van der Waals surface area contributed by atoms with Gasteiger partial charge in [-0.1, -0.05) is 117 Å². The van der Waals surface area contributed by atoms with Crippen LogP contribution in [-0.4, -0.2) is 0 Å². The molecule has 0 bridgehead atoms. The number of nitrogens with one attached hydrogen (secondary N) is 1. The number of rotatable bonds is 4. The maximum absolute atomic E-state index is 3.63. The molecule has 1 nitrogen and oxygen atoms in total. The second kappa shape index (κ2) is 8.75. The van der Waals surface area contributed by atoms with E-state index in [1.54, 1.807) is 0 Å². The van der Waals surface area contributed by atoms with Crippen molar-refractivity contribution >= 4 is 22.1 Å². The molecule has 0 aliphatic heterocycles. The molecule has 0 spiro atoms. The minimum absolute atomic E-state index is 0.00455. The van der Waals surface area contributed by atoms with Gasteiger partial charge in [0.25, 0.3) is 0 Å². The van der Waals surface area contributed by atoms with Crippen molar-refractivity contribution < 1.29 is 0 Å². The summed E-state index contributed by atoms with van der Waals surface area (Å²) >= 11 is 0. The third-order valence-corrected chi connectivity index (χ3v) is 8.04. The minimum atomic E-state index is 0.00455. The van der Waals surface area contributed by atoms with Gasteiger partial charge in [-0.2, -0.15) is 0 Å². The van der Waals surface area contributed by atoms with Gasteiger partial charge in [-0.15, -0.1) is 0 Å². The van der Waals surface area contributed by atoms with Crippen LogP contribution in [0.1, 0.15) is 25.0 Å². The zero-order chi connectivity index (χ0) is 25.7. The Morgan fingerprint density at radius 2 is 1.13 bits per heavy atom. The summed E-state index contributed by atoms with van der Waals surface area (Å²) in [5.41, 5.74) is 12.7. The SMILES string of the molecule is CC1(C)c2ccccc2-c2c(-c3cccc(Nc4ccc(-c5ccc6ccccc6c5)cc4)c3)cccc21. The molecule has 0 saturated heterocycles. The second-order valence-corrected chi connectivity index (χ2v) is 10.7. The smallest absolute Gasteiger partial charge is 0.0390 e. The molecule has 1 N–H and O–H groups in total. The van der Waals surface area contributed by atoms with Crippen LogP contribution in [-0.2, 0) is 5.41 Å². The van der Waals surface area contributed by atoms with Crippen molar-refractivity contribution in [3.63, 3.8) is 0 Å². The van der Waals surface area contributed by atoms with Gasteiger partial charge in [0.05, 0.1) is 0 Å². The van der Waals surface area contributed by atoms with Crippen LogP contribution in [0.15, 0.2) is 133 Å². The van der Waals surface area contributed by atoms with Gasteiger partial charge in [0, 0.05) is 16.8 Å². The highest BCUT2D eigenvalue weighted by atomic mass is 14.9. The van der Waals surface area contributed by atoms with E-state index in [0.717, 1.165) is 11.4 Å². The first kappa shape index (κ1) is 22.6. The lowest BCUT2D eigenvalue weighted by atomic mass is 9.82. The maximum Gasteiger partial charge on any atom is 0.0390 e. The van der Waals surface area contributed by atoms with Crippen LogP contribution in [0, 0.1) is 0 Å². The average molecular weight is 488 g/mol. The molecule has 1 aliphatic carbocycles. The summed E-state index contributed by atoms with van der Waals surface area (Å²) in [6.45, 7) is 4.67. The zero-order valence-corrected chi connectivity index (χ0v) is 21.7. The molecule has 7 rings (SSSR count). The first-order valence-electron chi connectivity index (χ1n) is 13.3. The van der Waals surface area contributed by atoms with Crippen molar-refractivity contribution in [3.05, 3.63) is 145 Å². The lowest BCUT2D eigenvalue weighted by molar-refractivity contribution is 0.660. The molecule has 0 amide bonds. The fraction of sp³-hybridized carbons (Fsp3) is 0.0811. The van der Waals surface area contributed by atoms with E-state index in [9.17, 15) is 0 Å². The summed E-state index contributed by atoms with van der Waals surface area (Å²) in [6.07, 6.45) is 0. The molecule has 0 unspecified atom stereocenters. The summed E-state index contributed by atoms with van der Waals surface area (Å²) in [7, 11) is 0. The van der Waals surface area contributed by atoms with Crippen molar-refractivity contribution in [2.45, 2.75) is 19.3 Å². The molecule has 6 aromatic carbocycles. The molecule has 6 aromatic rings. The molecule has 0 radical (unpaired) electrons. The van der Waals surface area contributed by atoms with E-state index in [1.807, 2.05) is 0 Å². The van der Waals surface area contributed by atoms with Crippen LogP contribution in [0.3, 0.4) is 0 Å². The van der Waals surface area contributed by atoms with Crippen molar-refractivity contribution in [1.82, 2.24) is 0 Å². The largest absolute Gasteiger partial charge is 0.356 e. The predicted octanol–water partition coefficient (Wildman–Crippen LogP) is 10.2. The predicted molar refractivity (Wildman–Crippen MR) is 162 cm³/mol. The lowest BCUT2D eigenvalue weighted by Crippen LogP contribution is -2.14. The van der Waals surface area contributed by atoms with E-state index < -0.39 is 0 Å². The van der Waals surface area contributed by atoms with Crippen molar-refractivity contribution in [2.75, 3.05) is 5.32 Å². The molecular weight excluding hydrogens is 458 g/mol. The fourth-order valence-electron chi connectivity index (χ4n) is 6.04. The van der Waals surface area contributed by atoms with Gasteiger partial charge in [-0.05, 0) is 85.6 Å². The number of anilines is 2. The van der Waals surface area contributed by atoms with Gasteiger partial charge < -0.3 is 5.32 Å². The number of benzene rings is 6. The van der Waals surface area contributed by atoms with E-state index in [2.05, 4.69) is 153 Å². The van der Waals surface area contributed by atoms with Gasteiger partial charge in [0.2, 0.25) is 0 Å². The van der Waals surface area contributed by atoms with Gasteiger partial charge in [-0.25, -0.2) is 0 Å². The van der Waals surface area contributed by atoms with E-state index in [-0.39, 0.29) is 5.41 Å². The van der Waals surface area contributed by atoms with Crippen LogP contribution in [0.2, 0.25) is 0 Å². The second-order valence-electron chi connectivity index (χ2n) is 10.7. The van der Waals surface area contributed by atoms with Crippen LogP contribution in [0.5, 0.6) is 0 Å². The van der Waals surface area contributed by atoms with E-state index in [0.29, 0.717) is 0 Å². The lowest BCUT2D eigenvalue weighted by Gasteiger charge is -2.21. The third-order valence-electron chi connectivity index (χ3n) is 8.04. The summed E-state index contributed by atoms with van der Waals surface area (Å²) < 4.78 is 0. The summed E-state index contributed by atoms with van der Waals surface area (Å²) in [6, 6.07) is 48.3. The first-order valence-corrected chi connectivity index (χ1v) is 13.3. The van der Waals surface area contributed by atoms with Gasteiger partial charge >= 0.3 is 0 Å². The van der Waals surface area contributed by atoms with Crippen LogP contribution in [0.25, 0.3) is 44.2 Å². The summed E-state index contributed by atoms with van der Waals surface area (Å²) in [5, 5.41) is 6.16. The van der Waals surface area contributed by atoms with Crippen LogP contribution in [0.4, 0.5) is 11.4 Å². The van der Waals surface area contributed by atoms with Crippen molar-refractivity contribution in [1.29, 1.82) is 0 Å². The molecule has 1 aliphatic rings. The molecule has 1 heteroatoms. The Labute approximate surface area is 224 Å². The van der Waals surface area contributed by atoms with Crippen LogP contribution >= 0.6 is 0 Å². The normalized spacial score (nSPS) is 13.2. The number of hydrogen-bond acceptors (Lipinski definition) is 1. The van der Waals surface area contributed by atoms with Crippen molar-refractivity contribution in [2.24, 2.45) is 0 Å². The van der Waals surface area contributed by atoms with Gasteiger partial charge in [-0.3, -0.25) is 0 Å². The molecule has 0 fully saturated rings. The molecule has 38 heavy (non-hydrogen) atoms. The Morgan fingerprint density at radius 1 is 0.447 bits per heavy atom. The summed E-state index contributed by atoms with van der Waals surface area (Å²) in [4.78, 5) is 0. The quantitative estimate of drug-likeness (QED) is 0.261. The van der Waals surface area contributed by atoms with Crippen molar-refractivity contribution in [3.8, 4) is 33.4 Å². The standard InChI is InChI=1S/C37H29N/c1-37(2)34-15-6-5-13-33(34)36-32(14-8-16-35(36)37)29-11-7-12-31(24-29)38-30-21-19-26(20-22-30)28-18-17-25-9-3-4-10-27(25)23-28/h3-24,38H,1-2H3. The maximum atomic E-state index is 3.63. The highest BCUT2D eigenvalue weighted by Crippen LogP contribution is 2.52. The minimum Gasteiger partial charge on any atom is -0.356 e. The monoisotopic (exact) mass is 487 g/mol. The topological polar surface area (TPSA) is 12.0 Å². The van der Waals surface area contributed by atoms with E-state index >= 15 is 0 Å². The Balaban J connectivity index is 1.19. The highest BCUT2D eigenvalue weighted by molar-refractivity contribution is 5.93. The Bertz CT molecular complexity index is 1810. The Hall–Kier alpha value is -4.62. The molecule has 0 atom stereocenters. The first-order chi connectivity index (χ1) is 18.6. The average Bonchev–Trinajstić information content (AvgIpc) is 3.20. The van der Waals surface area contributed by atoms with Gasteiger partial charge in [0.15, 0.2) is 0 Å². The number of hydrogen-bond donors (Lipinski definition) is 1. The van der Waals surface area contributed by atoms with E-state index in [4.69, 9.17) is 0 Å². The fourth-order valence-corrected chi connectivity index (χ4v) is 6.04. The Morgan fingerprint density at radius 3 is 2.00 bits per heavy atom. The van der Waals surface area contributed by atoms with E-state index in [1.165, 1.54) is 55.3 Å². The Kier molecular flexibility index (Phi) is 5.19. The van der Waals surface area contributed by atoms with Gasteiger partial charge in [0.1, 0.15) is 0 Å². The number of fused-ring (bicyclic) bond motifs is 4. The molecule has 0 aromatic heterocycles. The summed E-state index contributed by atoms with van der Waals surface area (Å²) in [5.74, 6) is 0.